The normalized spacial score (nSPS) is 11.9. The van der Waals surface area contributed by atoms with Gasteiger partial charge in [0.15, 0.2) is 17.5 Å². The van der Waals surface area contributed by atoms with Crippen LogP contribution in [0.25, 0.3) is 104 Å². The molecule has 0 fully saturated rings. The van der Waals surface area contributed by atoms with Gasteiger partial charge in [0.2, 0.25) is 0 Å². The molecule has 51 heavy (non-hydrogen) atoms. The average Bonchev–Trinajstić information content (AvgIpc) is 3.87. The first-order chi connectivity index (χ1) is 25.3. The molecule has 4 heterocycles. The maximum absolute atomic E-state index is 6.40. The quantitative estimate of drug-likeness (QED) is 0.187. The van der Waals surface area contributed by atoms with Gasteiger partial charge in [0, 0.05) is 58.5 Å². The molecule has 0 aliphatic carbocycles. The van der Waals surface area contributed by atoms with Crippen LogP contribution in [-0.4, -0.2) is 19.5 Å². The van der Waals surface area contributed by atoms with Crippen LogP contribution in [0.3, 0.4) is 0 Å². The Morgan fingerprint density at radius 3 is 1.82 bits per heavy atom. The van der Waals surface area contributed by atoms with E-state index in [9.17, 15) is 0 Å². The maximum Gasteiger partial charge on any atom is 0.167 e. The molecule has 0 spiro atoms. The molecule has 0 radical (unpaired) electrons. The Hall–Kier alpha value is -6.63. The van der Waals surface area contributed by atoms with E-state index >= 15 is 0 Å². The van der Waals surface area contributed by atoms with Crippen molar-refractivity contribution in [2.45, 2.75) is 0 Å². The summed E-state index contributed by atoms with van der Waals surface area (Å²) < 4.78 is 11.2. The number of fused-ring (bicyclic) bond motifs is 9. The fourth-order valence-corrected chi connectivity index (χ4v) is 8.69. The second kappa shape index (κ2) is 10.9. The van der Waals surface area contributed by atoms with Crippen LogP contribution in [0.4, 0.5) is 0 Å². The van der Waals surface area contributed by atoms with Crippen molar-refractivity contribution in [2.75, 3.05) is 0 Å². The van der Waals surface area contributed by atoms with Crippen LogP contribution in [0.1, 0.15) is 0 Å². The van der Waals surface area contributed by atoms with Gasteiger partial charge in [-0.1, -0.05) is 115 Å². The summed E-state index contributed by atoms with van der Waals surface area (Å²) in [4.78, 5) is 15.2. The van der Waals surface area contributed by atoms with Crippen LogP contribution < -0.4 is 0 Å². The summed E-state index contributed by atoms with van der Waals surface area (Å²) in [5.74, 6) is 1.82. The molecule has 238 valence electrons. The van der Waals surface area contributed by atoms with E-state index in [1.807, 2.05) is 60.7 Å². The second-order valence-corrected chi connectivity index (χ2v) is 13.9. The fraction of sp³-hybridized carbons (Fsp3) is 0. The first kappa shape index (κ1) is 28.2. The Morgan fingerprint density at radius 1 is 0.431 bits per heavy atom. The zero-order chi connectivity index (χ0) is 33.5. The van der Waals surface area contributed by atoms with E-state index in [-0.39, 0.29) is 0 Å². The number of hydrogen-bond acceptors (Lipinski definition) is 5. The van der Waals surface area contributed by atoms with E-state index in [1.165, 1.54) is 42.0 Å². The highest BCUT2D eigenvalue weighted by atomic mass is 32.1. The zero-order valence-corrected chi connectivity index (χ0v) is 27.9. The van der Waals surface area contributed by atoms with Gasteiger partial charge >= 0.3 is 0 Å². The third-order valence-electron chi connectivity index (χ3n) is 9.87. The fourth-order valence-electron chi connectivity index (χ4n) is 7.51. The summed E-state index contributed by atoms with van der Waals surface area (Å²) in [6.07, 6.45) is 0. The maximum atomic E-state index is 6.40. The van der Waals surface area contributed by atoms with Crippen molar-refractivity contribution < 1.29 is 4.42 Å². The monoisotopic (exact) mass is 670 g/mol. The van der Waals surface area contributed by atoms with Gasteiger partial charge in [-0.15, -0.1) is 11.3 Å². The number of para-hydroxylation sites is 4. The standard InChI is InChI=1S/C45H26N4OS/c1-2-11-27(12-3-1)43-46-44(48-45(47-43)36-17-10-16-35-32-15-6-9-20-39(32)50-42(35)36)28-21-23-33-34-24-22-29(26-41(34)51-40(33)25-28)49-37-18-7-4-13-30(37)31-14-5-8-19-38(31)49/h1-26H. The van der Waals surface area contributed by atoms with Crippen molar-refractivity contribution in [3.8, 4) is 39.9 Å². The SMILES string of the molecule is c1ccc(-c2nc(-c3ccc4c(c3)sc3cc(-n5c6ccccc6c6ccccc65)ccc34)nc(-c3cccc4c3oc3ccccc34)n2)cc1. The molecule has 11 aromatic rings. The summed E-state index contributed by atoms with van der Waals surface area (Å²) in [7, 11) is 0. The second-order valence-electron chi connectivity index (χ2n) is 12.8. The molecule has 7 aromatic carbocycles. The molecule has 6 heteroatoms. The highest BCUT2D eigenvalue weighted by Crippen LogP contribution is 2.40. The first-order valence-corrected chi connectivity index (χ1v) is 17.8. The van der Waals surface area contributed by atoms with Crippen LogP contribution in [0.15, 0.2) is 162 Å². The van der Waals surface area contributed by atoms with Gasteiger partial charge in [0.05, 0.1) is 16.6 Å². The van der Waals surface area contributed by atoms with Gasteiger partial charge in [-0.2, -0.15) is 0 Å². The Bertz CT molecular complexity index is 3100. The lowest BCUT2D eigenvalue weighted by Crippen LogP contribution is -2.00. The number of benzene rings is 7. The molecular weight excluding hydrogens is 645 g/mol. The molecule has 0 aliphatic rings. The molecule has 4 aromatic heterocycles. The summed E-state index contributed by atoms with van der Waals surface area (Å²) in [6.45, 7) is 0. The van der Waals surface area contributed by atoms with Crippen molar-refractivity contribution in [1.29, 1.82) is 0 Å². The molecule has 0 unspecified atom stereocenters. The molecule has 11 rings (SSSR count). The zero-order valence-electron chi connectivity index (χ0n) is 27.1. The third kappa shape index (κ3) is 4.37. The van der Waals surface area contributed by atoms with Gasteiger partial charge in [-0.3, -0.25) is 0 Å². The van der Waals surface area contributed by atoms with Gasteiger partial charge in [0.25, 0.3) is 0 Å². The highest BCUT2D eigenvalue weighted by molar-refractivity contribution is 7.25. The number of nitrogens with zero attached hydrogens (tertiary/aromatic N) is 4. The van der Waals surface area contributed by atoms with Gasteiger partial charge in [-0.05, 0) is 42.5 Å². The summed E-state index contributed by atoms with van der Waals surface area (Å²) in [5, 5.41) is 7.09. The van der Waals surface area contributed by atoms with E-state index in [1.54, 1.807) is 11.3 Å². The lowest BCUT2D eigenvalue weighted by atomic mass is 10.1. The molecule has 0 bridgehead atoms. The average molecular weight is 671 g/mol. The largest absolute Gasteiger partial charge is 0.455 e. The number of furan rings is 1. The Balaban J connectivity index is 1.08. The van der Waals surface area contributed by atoms with E-state index in [4.69, 9.17) is 19.4 Å². The molecule has 0 aliphatic heterocycles. The van der Waals surface area contributed by atoms with Crippen LogP contribution >= 0.6 is 11.3 Å². The van der Waals surface area contributed by atoms with Crippen molar-refractivity contribution in [1.82, 2.24) is 19.5 Å². The minimum absolute atomic E-state index is 0.579. The van der Waals surface area contributed by atoms with Gasteiger partial charge < -0.3 is 8.98 Å². The van der Waals surface area contributed by atoms with Gasteiger partial charge in [-0.25, -0.2) is 15.0 Å². The number of rotatable bonds is 4. The minimum Gasteiger partial charge on any atom is -0.455 e. The van der Waals surface area contributed by atoms with Crippen molar-refractivity contribution in [2.24, 2.45) is 0 Å². The molecule has 0 N–H and O–H groups in total. The molecule has 5 nitrogen and oxygen atoms in total. The van der Waals surface area contributed by atoms with Crippen LogP contribution in [0.5, 0.6) is 0 Å². The molecule has 0 atom stereocenters. The van der Waals surface area contributed by atoms with Crippen LogP contribution in [0.2, 0.25) is 0 Å². The molecule has 0 saturated carbocycles. The van der Waals surface area contributed by atoms with Gasteiger partial charge in [0.1, 0.15) is 11.2 Å². The molecule has 0 amide bonds. The van der Waals surface area contributed by atoms with Crippen LogP contribution in [-0.2, 0) is 0 Å². The first-order valence-electron chi connectivity index (χ1n) is 16.9. The topological polar surface area (TPSA) is 56.7 Å². The van der Waals surface area contributed by atoms with E-state index in [0.29, 0.717) is 17.5 Å². The van der Waals surface area contributed by atoms with Crippen molar-refractivity contribution >= 4 is 75.3 Å². The summed E-state index contributed by atoms with van der Waals surface area (Å²) in [5.41, 5.74) is 7.89. The Morgan fingerprint density at radius 2 is 1.04 bits per heavy atom. The number of thiophene rings is 1. The predicted octanol–water partition coefficient (Wildman–Crippen LogP) is 12.2. The van der Waals surface area contributed by atoms with E-state index < -0.39 is 0 Å². The Labute approximate surface area is 295 Å². The third-order valence-corrected chi connectivity index (χ3v) is 11.0. The van der Waals surface area contributed by atoms with E-state index in [0.717, 1.165) is 44.3 Å². The smallest absolute Gasteiger partial charge is 0.167 e. The molecule has 0 saturated heterocycles. The lowest BCUT2D eigenvalue weighted by molar-refractivity contribution is 0.669. The highest BCUT2D eigenvalue weighted by Gasteiger charge is 2.19. The number of hydrogen-bond donors (Lipinski definition) is 0. The van der Waals surface area contributed by atoms with Crippen molar-refractivity contribution in [3.05, 3.63) is 158 Å². The summed E-state index contributed by atoms with van der Waals surface area (Å²) >= 11 is 1.80. The minimum atomic E-state index is 0.579. The van der Waals surface area contributed by atoms with Crippen molar-refractivity contribution in [3.63, 3.8) is 0 Å². The molecular formula is C45H26N4OS. The van der Waals surface area contributed by atoms with E-state index in [2.05, 4.69) is 102 Å². The Kier molecular flexibility index (Phi) is 6.05. The van der Waals surface area contributed by atoms with Crippen LogP contribution in [0, 0.1) is 0 Å². The predicted molar refractivity (Wildman–Crippen MR) is 211 cm³/mol. The summed E-state index contributed by atoms with van der Waals surface area (Å²) in [6, 6.07) is 55.0. The lowest BCUT2D eigenvalue weighted by Gasteiger charge is -2.09. The number of aromatic nitrogens is 4.